The Morgan fingerprint density at radius 3 is 2.71 bits per heavy atom. The van der Waals surface area contributed by atoms with Gasteiger partial charge in [-0.3, -0.25) is 4.79 Å². The predicted octanol–water partition coefficient (Wildman–Crippen LogP) is 3.49. The Morgan fingerprint density at radius 1 is 1.43 bits per heavy atom. The summed E-state index contributed by atoms with van der Waals surface area (Å²) in [6, 6.07) is 5.66. The first kappa shape index (κ1) is 15.9. The third-order valence-corrected chi connectivity index (χ3v) is 3.63. The topological polar surface area (TPSA) is 59.5 Å². The van der Waals surface area contributed by atoms with Gasteiger partial charge in [0.25, 0.3) is 0 Å². The number of halogens is 1. The van der Waals surface area contributed by atoms with Crippen LogP contribution in [-0.4, -0.2) is 34.0 Å². The number of amides is 2. The van der Waals surface area contributed by atoms with E-state index in [0.717, 1.165) is 10.3 Å². The van der Waals surface area contributed by atoms with E-state index in [9.17, 15) is 9.59 Å². The zero-order valence-corrected chi connectivity index (χ0v) is 14.0. The Balaban J connectivity index is 2.02. The fourth-order valence-corrected chi connectivity index (χ4v) is 2.60. The summed E-state index contributed by atoms with van der Waals surface area (Å²) < 4.78 is 6.00. The van der Waals surface area contributed by atoms with Crippen molar-refractivity contribution in [1.82, 2.24) is 9.88 Å². The molecule has 1 atom stereocenters. The molecule has 6 heteroatoms. The molecule has 114 valence electrons. The van der Waals surface area contributed by atoms with Gasteiger partial charge in [0, 0.05) is 24.6 Å². The van der Waals surface area contributed by atoms with Crippen molar-refractivity contribution in [3.8, 4) is 0 Å². The number of imide groups is 1. The first-order valence-corrected chi connectivity index (χ1v) is 7.71. The molecule has 5 nitrogen and oxygen atoms in total. The summed E-state index contributed by atoms with van der Waals surface area (Å²) in [4.78, 5) is 29.7. The number of nitrogens with zero attached hydrogens (tertiary/aromatic N) is 2. The summed E-state index contributed by atoms with van der Waals surface area (Å²) in [5.74, 6) is -0.157. The van der Waals surface area contributed by atoms with Gasteiger partial charge in [0.2, 0.25) is 5.91 Å². The lowest BCUT2D eigenvalue weighted by molar-refractivity contribution is -0.132. The van der Waals surface area contributed by atoms with Gasteiger partial charge in [-0.15, -0.1) is 0 Å². The maximum Gasteiger partial charge on any atom is 0.417 e. The van der Waals surface area contributed by atoms with Crippen LogP contribution >= 0.6 is 15.9 Å². The summed E-state index contributed by atoms with van der Waals surface area (Å²) >= 11 is 3.33. The lowest BCUT2D eigenvalue weighted by atomic mass is 9.93. The van der Waals surface area contributed by atoms with Crippen LogP contribution in [0.1, 0.15) is 45.2 Å². The van der Waals surface area contributed by atoms with Crippen LogP contribution in [0.4, 0.5) is 4.79 Å². The minimum absolute atomic E-state index is 0.0497. The average molecular weight is 355 g/mol. The number of hydrogen-bond acceptors (Lipinski definition) is 4. The smallest absolute Gasteiger partial charge is 0.417 e. The third-order valence-electron chi connectivity index (χ3n) is 3.19. The molecule has 1 aliphatic heterocycles. The molecule has 1 saturated heterocycles. The first-order valence-electron chi connectivity index (χ1n) is 6.92. The maximum absolute atomic E-state index is 12.2. The van der Waals surface area contributed by atoms with E-state index in [2.05, 4.69) is 20.9 Å². The van der Waals surface area contributed by atoms with Gasteiger partial charge in [-0.2, -0.15) is 0 Å². The highest BCUT2D eigenvalue weighted by Crippen LogP contribution is 2.29. The molecule has 21 heavy (non-hydrogen) atoms. The number of carbonyl (C=O) groups excluding carboxylic acids is 2. The van der Waals surface area contributed by atoms with Crippen molar-refractivity contribution in [2.75, 3.05) is 6.54 Å². The summed E-state index contributed by atoms with van der Waals surface area (Å²) in [6.07, 6.45) is 0.421. The van der Waals surface area contributed by atoms with E-state index < -0.39 is 11.7 Å². The van der Waals surface area contributed by atoms with Crippen LogP contribution in [0.15, 0.2) is 22.8 Å². The summed E-state index contributed by atoms with van der Waals surface area (Å²) in [7, 11) is 0. The Morgan fingerprint density at radius 2 is 2.14 bits per heavy atom. The van der Waals surface area contributed by atoms with Crippen LogP contribution in [0, 0.1) is 0 Å². The fraction of sp³-hybridized carbons (Fsp3) is 0.533. The second kappa shape index (κ2) is 6.13. The van der Waals surface area contributed by atoms with Gasteiger partial charge in [0.15, 0.2) is 0 Å². The highest BCUT2D eigenvalue weighted by atomic mass is 79.9. The second-order valence-electron chi connectivity index (χ2n) is 6.10. The molecule has 1 aliphatic rings. The molecule has 0 saturated carbocycles. The number of aromatic nitrogens is 1. The number of ether oxygens (including phenoxy) is 1. The molecule has 0 spiro atoms. The van der Waals surface area contributed by atoms with E-state index in [4.69, 9.17) is 4.74 Å². The summed E-state index contributed by atoms with van der Waals surface area (Å²) in [6.45, 7) is 5.72. The van der Waals surface area contributed by atoms with Gasteiger partial charge in [-0.25, -0.2) is 14.7 Å². The fourth-order valence-electron chi connectivity index (χ4n) is 2.25. The molecule has 0 bridgehead atoms. The van der Waals surface area contributed by atoms with Gasteiger partial charge >= 0.3 is 6.09 Å². The van der Waals surface area contributed by atoms with E-state index in [1.54, 1.807) is 20.8 Å². The van der Waals surface area contributed by atoms with E-state index in [0.29, 0.717) is 13.0 Å². The molecule has 1 aromatic heterocycles. The van der Waals surface area contributed by atoms with Crippen LogP contribution in [0.25, 0.3) is 0 Å². The van der Waals surface area contributed by atoms with Crippen LogP contribution in [-0.2, 0) is 9.53 Å². The molecule has 0 N–H and O–H groups in total. The molecule has 1 unspecified atom stereocenters. The Kier molecular flexibility index (Phi) is 4.66. The van der Waals surface area contributed by atoms with E-state index >= 15 is 0 Å². The normalized spacial score (nSPS) is 19.5. The van der Waals surface area contributed by atoms with Gasteiger partial charge in [-0.05, 0) is 55.3 Å². The van der Waals surface area contributed by atoms with E-state index in [1.165, 1.54) is 4.90 Å². The highest BCUT2D eigenvalue weighted by molar-refractivity contribution is 9.10. The highest BCUT2D eigenvalue weighted by Gasteiger charge is 2.33. The zero-order chi connectivity index (χ0) is 15.6. The molecule has 2 rings (SSSR count). The van der Waals surface area contributed by atoms with E-state index in [1.807, 2.05) is 18.2 Å². The zero-order valence-electron chi connectivity index (χ0n) is 12.4. The van der Waals surface area contributed by atoms with Crippen molar-refractivity contribution in [1.29, 1.82) is 0 Å². The van der Waals surface area contributed by atoms with Crippen molar-refractivity contribution in [3.63, 3.8) is 0 Å². The Labute approximate surface area is 132 Å². The standard InChI is InChI=1S/C15H19BrN2O3/c1-15(2,3)21-14(20)18-8-7-10(9-13(18)19)11-5-4-6-12(16)17-11/h4-6,10H,7-9H2,1-3H3. The minimum Gasteiger partial charge on any atom is -0.443 e. The Bertz CT molecular complexity index is 554. The predicted molar refractivity (Wildman–Crippen MR) is 81.9 cm³/mol. The van der Waals surface area contributed by atoms with Gasteiger partial charge in [-0.1, -0.05) is 6.07 Å². The van der Waals surface area contributed by atoms with Gasteiger partial charge in [0.05, 0.1) is 0 Å². The van der Waals surface area contributed by atoms with Crippen molar-refractivity contribution in [3.05, 3.63) is 28.5 Å². The lowest BCUT2D eigenvalue weighted by Gasteiger charge is -2.31. The third kappa shape index (κ3) is 4.27. The maximum atomic E-state index is 12.2. The molecule has 0 aliphatic carbocycles. The number of rotatable bonds is 1. The molecular weight excluding hydrogens is 336 g/mol. The number of hydrogen-bond donors (Lipinski definition) is 0. The molecule has 2 amide bonds. The van der Waals surface area contributed by atoms with Crippen molar-refractivity contribution in [2.24, 2.45) is 0 Å². The molecule has 1 fully saturated rings. The quantitative estimate of drug-likeness (QED) is 0.724. The largest absolute Gasteiger partial charge is 0.443 e. The number of pyridine rings is 1. The van der Waals surface area contributed by atoms with Crippen molar-refractivity contribution < 1.29 is 14.3 Å². The molecule has 1 aromatic rings. The molecule has 0 aromatic carbocycles. The molecule has 2 heterocycles. The number of piperidine rings is 1. The SMILES string of the molecule is CC(C)(C)OC(=O)N1CCC(c2cccc(Br)n2)CC1=O. The summed E-state index contributed by atoms with van der Waals surface area (Å²) in [5.41, 5.74) is 0.279. The number of likely N-dealkylation sites (tertiary alicyclic amines) is 1. The van der Waals surface area contributed by atoms with Crippen molar-refractivity contribution in [2.45, 2.75) is 45.1 Å². The summed E-state index contributed by atoms with van der Waals surface area (Å²) in [5, 5.41) is 0. The van der Waals surface area contributed by atoms with Crippen LogP contribution in [0.2, 0.25) is 0 Å². The van der Waals surface area contributed by atoms with E-state index in [-0.39, 0.29) is 18.2 Å². The van der Waals surface area contributed by atoms with Crippen LogP contribution in [0.3, 0.4) is 0 Å². The first-order chi connectivity index (χ1) is 9.76. The lowest BCUT2D eigenvalue weighted by Crippen LogP contribution is -2.45. The Hall–Kier alpha value is -1.43. The van der Waals surface area contributed by atoms with Gasteiger partial charge < -0.3 is 4.74 Å². The molecule has 0 radical (unpaired) electrons. The van der Waals surface area contributed by atoms with Gasteiger partial charge in [0.1, 0.15) is 10.2 Å². The van der Waals surface area contributed by atoms with Crippen LogP contribution in [0.5, 0.6) is 0 Å². The monoisotopic (exact) mass is 354 g/mol. The number of carbonyl (C=O) groups is 2. The second-order valence-corrected chi connectivity index (χ2v) is 6.91. The average Bonchev–Trinajstić information content (AvgIpc) is 2.36. The minimum atomic E-state index is -0.597. The van der Waals surface area contributed by atoms with Crippen molar-refractivity contribution >= 4 is 27.9 Å². The van der Waals surface area contributed by atoms with Crippen LogP contribution < -0.4 is 0 Å². The molecular formula is C15H19BrN2O3.